The summed E-state index contributed by atoms with van der Waals surface area (Å²) in [4.78, 5) is 12.2. The number of hydrogen-bond donors (Lipinski definition) is 2. The highest BCUT2D eigenvalue weighted by molar-refractivity contribution is 7.99. The maximum absolute atomic E-state index is 12.2. The number of benzene rings is 1. The fraction of sp³-hybridized carbons (Fsp3) is 0.389. The van der Waals surface area contributed by atoms with E-state index in [0.717, 1.165) is 23.7 Å². The average Bonchev–Trinajstić information content (AvgIpc) is 3.04. The first-order valence-corrected chi connectivity index (χ1v) is 9.39. The summed E-state index contributed by atoms with van der Waals surface area (Å²) in [5.74, 6) is 1.62. The van der Waals surface area contributed by atoms with Crippen molar-refractivity contribution >= 4 is 29.2 Å². The minimum absolute atomic E-state index is 0.250. The molecule has 126 valence electrons. The number of aromatic nitrogens is 2. The van der Waals surface area contributed by atoms with Gasteiger partial charge in [-0.15, -0.1) is 10.2 Å². The summed E-state index contributed by atoms with van der Waals surface area (Å²) in [5.41, 5.74) is 1.06. The highest BCUT2D eigenvalue weighted by atomic mass is 32.2. The molecule has 0 saturated heterocycles. The van der Waals surface area contributed by atoms with Crippen molar-refractivity contribution in [2.24, 2.45) is 0 Å². The molecule has 24 heavy (non-hydrogen) atoms. The average molecular weight is 342 g/mol. The molecule has 1 amide bonds. The molecule has 0 bridgehead atoms. The van der Waals surface area contributed by atoms with Crippen molar-refractivity contribution in [2.45, 2.75) is 37.5 Å². The van der Waals surface area contributed by atoms with Gasteiger partial charge in [0, 0.05) is 17.0 Å². The number of thioether (sulfide) groups is 1. The van der Waals surface area contributed by atoms with E-state index in [1.807, 2.05) is 48.2 Å². The molecule has 1 aromatic carbocycles. The second-order valence-electron chi connectivity index (χ2n) is 5.80. The first kappa shape index (κ1) is 16.8. The molecule has 2 unspecified atom stereocenters. The van der Waals surface area contributed by atoms with Crippen molar-refractivity contribution in [3.05, 3.63) is 48.2 Å². The molecule has 2 atom stereocenters. The highest BCUT2D eigenvalue weighted by Crippen LogP contribution is 2.31. The Morgan fingerprint density at radius 1 is 1.17 bits per heavy atom. The Bertz CT molecular complexity index is 662. The van der Waals surface area contributed by atoms with E-state index in [4.69, 9.17) is 0 Å². The summed E-state index contributed by atoms with van der Waals surface area (Å²) in [6.45, 7) is 2.19. The number of para-hydroxylation sites is 1. The Morgan fingerprint density at radius 2 is 2.00 bits per heavy atom. The summed E-state index contributed by atoms with van der Waals surface area (Å²) in [5, 5.41) is 15.1. The molecule has 0 aliphatic heterocycles. The Balaban J connectivity index is 1.60. The van der Waals surface area contributed by atoms with Crippen LogP contribution in [0.15, 0.2) is 42.5 Å². The van der Waals surface area contributed by atoms with Crippen LogP contribution >= 0.6 is 11.8 Å². The van der Waals surface area contributed by atoms with E-state index in [2.05, 4.69) is 27.8 Å². The topological polar surface area (TPSA) is 66.9 Å². The maximum Gasteiger partial charge on any atom is 0.276 e. The van der Waals surface area contributed by atoms with E-state index < -0.39 is 0 Å². The van der Waals surface area contributed by atoms with Crippen LogP contribution in [-0.4, -0.2) is 33.1 Å². The number of rotatable bonds is 6. The molecule has 1 aromatic heterocycles. The number of anilines is 2. The Morgan fingerprint density at radius 3 is 2.71 bits per heavy atom. The van der Waals surface area contributed by atoms with Crippen LogP contribution in [0.4, 0.5) is 11.5 Å². The van der Waals surface area contributed by atoms with Gasteiger partial charge in [-0.05, 0) is 42.9 Å². The van der Waals surface area contributed by atoms with Gasteiger partial charge in [-0.1, -0.05) is 31.5 Å². The number of hydrogen-bond acceptors (Lipinski definition) is 5. The summed E-state index contributed by atoms with van der Waals surface area (Å²) in [6, 6.07) is 13.3. The van der Waals surface area contributed by atoms with E-state index in [1.165, 1.54) is 12.8 Å². The molecule has 0 radical (unpaired) electrons. The van der Waals surface area contributed by atoms with E-state index in [9.17, 15) is 4.79 Å². The van der Waals surface area contributed by atoms with Crippen LogP contribution in [0.3, 0.4) is 0 Å². The smallest absolute Gasteiger partial charge is 0.276 e. The van der Waals surface area contributed by atoms with Crippen LogP contribution in [0, 0.1) is 0 Å². The molecule has 1 saturated carbocycles. The van der Waals surface area contributed by atoms with Crippen molar-refractivity contribution in [2.75, 3.05) is 16.4 Å². The van der Waals surface area contributed by atoms with E-state index in [-0.39, 0.29) is 5.91 Å². The Kier molecular flexibility index (Phi) is 5.69. The normalized spacial score (nSPS) is 19.9. The molecule has 3 rings (SSSR count). The molecular formula is C18H22N4OS. The van der Waals surface area contributed by atoms with E-state index in [0.29, 0.717) is 17.0 Å². The molecule has 0 spiro atoms. The van der Waals surface area contributed by atoms with Crippen LogP contribution in [-0.2, 0) is 0 Å². The van der Waals surface area contributed by atoms with Gasteiger partial charge in [0.2, 0.25) is 0 Å². The predicted octanol–water partition coefficient (Wildman–Crippen LogP) is 3.82. The third kappa shape index (κ3) is 4.26. The van der Waals surface area contributed by atoms with Gasteiger partial charge < -0.3 is 10.6 Å². The number of nitrogens with one attached hydrogen (secondary N) is 2. The van der Waals surface area contributed by atoms with Gasteiger partial charge in [0.15, 0.2) is 5.69 Å². The van der Waals surface area contributed by atoms with Crippen molar-refractivity contribution < 1.29 is 4.79 Å². The highest BCUT2D eigenvalue weighted by Gasteiger charge is 2.27. The number of nitrogens with zero attached hydrogens (tertiary/aromatic N) is 2. The largest absolute Gasteiger partial charge is 0.365 e. The van der Waals surface area contributed by atoms with Crippen molar-refractivity contribution in [1.29, 1.82) is 0 Å². The lowest BCUT2D eigenvalue weighted by Crippen LogP contribution is -2.27. The summed E-state index contributed by atoms with van der Waals surface area (Å²) in [6.07, 6.45) is 3.66. The zero-order chi connectivity index (χ0) is 16.8. The second-order valence-corrected chi connectivity index (χ2v) is 7.32. The molecule has 1 fully saturated rings. The third-order valence-electron chi connectivity index (χ3n) is 4.10. The van der Waals surface area contributed by atoms with Crippen molar-refractivity contribution in [3.8, 4) is 0 Å². The van der Waals surface area contributed by atoms with E-state index in [1.54, 1.807) is 6.07 Å². The van der Waals surface area contributed by atoms with Gasteiger partial charge in [-0.3, -0.25) is 4.79 Å². The van der Waals surface area contributed by atoms with Crippen LogP contribution in [0.25, 0.3) is 0 Å². The van der Waals surface area contributed by atoms with E-state index >= 15 is 0 Å². The molecule has 2 aromatic rings. The van der Waals surface area contributed by atoms with Gasteiger partial charge in [-0.25, -0.2) is 0 Å². The van der Waals surface area contributed by atoms with Gasteiger partial charge in [0.25, 0.3) is 5.91 Å². The zero-order valence-corrected chi connectivity index (χ0v) is 14.6. The number of carbonyl (C=O) groups excluding carboxylic acids is 1. The van der Waals surface area contributed by atoms with Crippen molar-refractivity contribution in [3.63, 3.8) is 0 Å². The van der Waals surface area contributed by atoms with Crippen LogP contribution in [0.5, 0.6) is 0 Å². The molecule has 5 nitrogen and oxygen atoms in total. The molecule has 1 aliphatic rings. The van der Waals surface area contributed by atoms with Crippen molar-refractivity contribution in [1.82, 2.24) is 10.2 Å². The molecule has 1 aliphatic carbocycles. The lowest BCUT2D eigenvalue weighted by molar-refractivity contribution is 0.102. The fourth-order valence-electron chi connectivity index (χ4n) is 2.94. The first-order chi connectivity index (χ1) is 11.8. The van der Waals surface area contributed by atoms with Gasteiger partial charge >= 0.3 is 0 Å². The Labute approximate surface area is 146 Å². The number of amides is 1. The summed E-state index contributed by atoms with van der Waals surface area (Å²) in [7, 11) is 0. The fourth-order valence-corrected chi connectivity index (χ4v) is 4.14. The zero-order valence-electron chi connectivity index (χ0n) is 13.7. The molecule has 1 heterocycles. The quantitative estimate of drug-likeness (QED) is 0.835. The van der Waals surface area contributed by atoms with Gasteiger partial charge in [0.05, 0.1) is 0 Å². The first-order valence-electron chi connectivity index (χ1n) is 8.34. The predicted molar refractivity (Wildman–Crippen MR) is 99.6 cm³/mol. The maximum atomic E-state index is 12.2. The summed E-state index contributed by atoms with van der Waals surface area (Å²) >= 11 is 2.00. The standard InChI is InChI=1S/C18H22N4OS/c1-2-24-16-10-6-9-14(16)20-17-12-11-15(21-22-17)18(23)19-13-7-4-3-5-8-13/h3-5,7-8,11-12,14,16H,2,6,9-10H2,1H3,(H,19,23)(H,20,22). The molecule has 6 heteroatoms. The SMILES string of the molecule is CCSC1CCCC1Nc1ccc(C(=O)Nc2ccccc2)nn1. The minimum Gasteiger partial charge on any atom is -0.365 e. The Hall–Kier alpha value is -2.08. The molecule has 2 N–H and O–H groups in total. The van der Waals surface area contributed by atoms with Crippen LogP contribution < -0.4 is 10.6 Å². The lowest BCUT2D eigenvalue weighted by atomic mass is 10.2. The molecular weight excluding hydrogens is 320 g/mol. The second kappa shape index (κ2) is 8.15. The minimum atomic E-state index is -0.250. The van der Waals surface area contributed by atoms with Gasteiger partial charge in [0.1, 0.15) is 5.82 Å². The third-order valence-corrected chi connectivity index (χ3v) is 5.42. The van der Waals surface area contributed by atoms with Crippen LogP contribution in [0.1, 0.15) is 36.7 Å². The number of carbonyl (C=O) groups is 1. The van der Waals surface area contributed by atoms with Gasteiger partial charge in [-0.2, -0.15) is 11.8 Å². The monoisotopic (exact) mass is 342 g/mol. The summed E-state index contributed by atoms with van der Waals surface area (Å²) < 4.78 is 0. The lowest BCUT2D eigenvalue weighted by Gasteiger charge is -2.20. The van der Waals surface area contributed by atoms with Crippen LogP contribution in [0.2, 0.25) is 0 Å².